The molecule has 2 rings (SSSR count). The zero-order chi connectivity index (χ0) is 10.7. The minimum Gasteiger partial charge on any atom is -0.338 e. The van der Waals surface area contributed by atoms with Crippen LogP contribution in [0, 0.1) is 11.3 Å². The number of hydrogen-bond acceptors (Lipinski definition) is 4. The van der Waals surface area contributed by atoms with Crippen molar-refractivity contribution >= 4 is 5.95 Å². The van der Waals surface area contributed by atoms with Gasteiger partial charge in [0.1, 0.15) is 11.8 Å². The number of rotatable bonds is 1. The van der Waals surface area contributed by atoms with Crippen LogP contribution in [0.4, 0.5) is 5.95 Å². The maximum atomic E-state index is 8.77. The summed E-state index contributed by atoms with van der Waals surface area (Å²) in [5.74, 6) is 0.696. The van der Waals surface area contributed by atoms with E-state index in [0.29, 0.717) is 17.7 Å². The van der Waals surface area contributed by atoms with Crippen molar-refractivity contribution in [3.63, 3.8) is 0 Å². The molecule has 1 unspecified atom stereocenters. The molecule has 0 spiro atoms. The molecular weight excluding hydrogens is 188 g/mol. The van der Waals surface area contributed by atoms with Gasteiger partial charge >= 0.3 is 0 Å². The lowest BCUT2D eigenvalue weighted by molar-refractivity contribution is 0.477. The van der Waals surface area contributed by atoms with Crippen LogP contribution in [-0.4, -0.2) is 22.6 Å². The number of aromatic nitrogens is 2. The molecule has 4 heteroatoms. The van der Waals surface area contributed by atoms with Crippen molar-refractivity contribution in [1.82, 2.24) is 9.97 Å². The maximum Gasteiger partial charge on any atom is 0.226 e. The SMILES string of the molecule is CC1CCCCN1c1nccc(C#N)n1. The van der Waals surface area contributed by atoms with Crippen LogP contribution in [0.1, 0.15) is 31.9 Å². The molecular formula is C11H14N4. The van der Waals surface area contributed by atoms with Gasteiger partial charge in [0.05, 0.1) is 0 Å². The van der Waals surface area contributed by atoms with E-state index in [2.05, 4.69) is 21.8 Å². The standard InChI is InChI=1S/C11H14N4/c1-9-4-2-3-7-15(9)11-13-6-5-10(8-12)14-11/h5-6,9H,2-4,7H2,1H3. The second kappa shape index (κ2) is 4.26. The van der Waals surface area contributed by atoms with Crippen LogP contribution in [0.5, 0.6) is 0 Å². The molecule has 1 atom stereocenters. The first-order valence-electron chi connectivity index (χ1n) is 5.31. The van der Waals surface area contributed by atoms with E-state index in [4.69, 9.17) is 5.26 Å². The molecule has 0 amide bonds. The number of nitrogens with zero attached hydrogens (tertiary/aromatic N) is 4. The quantitative estimate of drug-likeness (QED) is 0.696. The highest BCUT2D eigenvalue weighted by atomic mass is 15.3. The van der Waals surface area contributed by atoms with Gasteiger partial charge in [-0.1, -0.05) is 0 Å². The minimum atomic E-state index is 0.442. The molecule has 0 radical (unpaired) electrons. The Hall–Kier alpha value is -1.63. The van der Waals surface area contributed by atoms with E-state index in [1.807, 2.05) is 6.07 Å². The highest BCUT2D eigenvalue weighted by Crippen LogP contribution is 2.20. The molecule has 0 aromatic carbocycles. The topological polar surface area (TPSA) is 52.8 Å². The van der Waals surface area contributed by atoms with E-state index >= 15 is 0 Å². The third-order valence-electron chi connectivity index (χ3n) is 2.82. The van der Waals surface area contributed by atoms with Crippen molar-refractivity contribution < 1.29 is 0 Å². The highest BCUT2D eigenvalue weighted by Gasteiger charge is 2.20. The molecule has 15 heavy (non-hydrogen) atoms. The van der Waals surface area contributed by atoms with Crippen molar-refractivity contribution in [2.75, 3.05) is 11.4 Å². The number of anilines is 1. The predicted molar refractivity (Wildman–Crippen MR) is 57.4 cm³/mol. The van der Waals surface area contributed by atoms with Crippen LogP contribution in [0.3, 0.4) is 0 Å². The summed E-state index contributed by atoms with van der Waals surface area (Å²) in [5, 5.41) is 8.77. The largest absolute Gasteiger partial charge is 0.338 e. The van der Waals surface area contributed by atoms with E-state index in [0.717, 1.165) is 6.54 Å². The van der Waals surface area contributed by atoms with Crippen LogP contribution in [0.25, 0.3) is 0 Å². The summed E-state index contributed by atoms with van der Waals surface area (Å²) >= 11 is 0. The van der Waals surface area contributed by atoms with Crippen molar-refractivity contribution in [1.29, 1.82) is 5.26 Å². The third-order valence-corrected chi connectivity index (χ3v) is 2.82. The Morgan fingerprint density at radius 3 is 3.13 bits per heavy atom. The summed E-state index contributed by atoms with van der Waals surface area (Å²) < 4.78 is 0. The van der Waals surface area contributed by atoms with Gasteiger partial charge in [-0.2, -0.15) is 5.26 Å². The molecule has 1 aliphatic heterocycles. The molecule has 4 nitrogen and oxygen atoms in total. The lowest BCUT2D eigenvalue weighted by Gasteiger charge is -2.33. The second-order valence-electron chi connectivity index (χ2n) is 3.89. The van der Waals surface area contributed by atoms with Gasteiger partial charge in [-0.05, 0) is 32.3 Å². The van der Waals surface area contributed by atoms with Gasteiger partial charge in [0.2, 0.25) is 5.95 Å². The van der Waals surface area contributed by atoms with Gasteiger partial charge in [0.25, 0.3) is 0 Å². The van der Waals surface area contributed by atoms with E-state index < -0.39 is 0 Å². The van der Waals surface area contributed by atoms with Gasteiger partial charge < -0.3 is 4.90 Å². The summed E-state index contributed by atoms with van der Waals surface area (Å²) in [5.41, 5.74) is 0.442. The van der Waals surface area contributed by atoms with E-state index in [1.165, 1.54) is 19.3 Å². The zero-order valence-corrected chi connectivity index (χ0v) is 8.85. The summed E-state index contributed by atoms with van der Waals surface area (Å²) in [4.78, 5) is 10.6. The highest BCUT2D eigenvalue weighted by molar-refractivity contribution is 5.35. The van der Waals surface area contributed by atoms with Crippen LogP contribution >= 0.6 is 0 Å². The number of hydrogen-bond donors (Lipinski definition) is 0. The van der Waals surface area contributed by atoms with Crippen molar-refractivity contribution in [2.24, 2.45) is 0 Å². The van der Waals surface area contributed by atoms with E-state index in [-0.39, 0.29) is 0 Å². The smallest absolute Gasteiger partial charge is 0.226 e. The predicted octanol–water partition coefficient (Wildman–Crippen LogP) is 1.73. The Bertz CT molecular complexity index is 382. The number of nitriles is 1. The Morgan fingerprint density at radius 2 is 2.40 bits per heavy atom. The maximum absolute atomic E-state index is 8.77. The fourth-order valence-electron chi connectivity index (χ4n) is 1.94. The molecule has 2 heterocycles. The molecule has 1 aliphatic rings. The molecule has 1 saturated heterocycles. The Labute approximate surface area is 89.6 Å². The van der Waals surface area contributed by atoms with Crippen LogP contribution in [0.2, 0.25) is 0 Å². The van der Waals surface area contributed by atoms with Gasteiger partial charge in [-0.15, -0.1) is 0 Å². The molecule has 78 valence electrons. The normalized spacial score (nSPS) is 21.1. The molecule has 1 aromatic rings. The van der Waals surface area contributed by atoms with Crippen molar-refractivity contribution in [3.8, 4) is 6.07 Å². The van der Waals surface area contributed by atoms with Gasteiger partial charge in [0.15, 0.2) is 0 Å². The molecule has 1 aromatic heterocycles. The Balaban J connectivity index is 2.24. The first kappa shape index (κ1) is 9.91. The molecule has 0 aliphatic carbocycles. The monoisotopic (exact) mass is 202 g/mol. The average molecular weight is 202 g/mol. The number of piperidine rings is 1. The average Bonchev–Trinajstić information content (AvgIpc) is 2.30. The minimum absolute atomic E-state index is 0.442. The zero-order valence-electron chi connectivity index (χ0n) is 8.85. The van der Waals surface area contributed by atoms with Gasteiger partial charge in [-0.3, -0.25) is 0 Å². The van der Waals surface area contributed by atoms with Gasteiger partial charge in [0, 0.05) is 18.8 Å². The molecule has 0 bridgehead atoms. The van der Waals surface area contributed by atoms with Crippen LogP contribution in [0.15, 0.2) is 12.3 Å². The second-order valence-corrected chi connectivity index (χ2v) is 3.89. The van der Waals surface area contributed by atoms with Gasteiger partial charge in [-0.25, -0.2) is 9.97 Å². The van der Waals surface area contributed by atoms with Crippen molar-refractivity contribution in [3.05, 3.63) is 18.0 Å². The Morgan fingerprint density at radius 1 is 1.53 bits per heavy atom. The Kier molecular flexibility index (Phi) is 2.82. The lowest BCUT2D eigenvalue weighted by atomic mass is 10.0. The van der Waals surface area contributed by atoms with E-state index in [1.54, 1.807) is 12.3 Å². The molecule has 1 fully saturated rings. The van der Waals surface area contributed by atoms with E-state index in [9.17, 15) is 0 Å². The third kappa shape index (κ3) is 2.07. The van der Waals surface area contributed by atoms with Crippen molar-refractivity contribution in [2.45, 2.75) is 32.2 Å². The first-order chi connectivity index (χ1) is 7.31. The summed E-state index contributed by atoms with van der Waals surface area (Å²) in [6, 6.07) is 4.16. The summed E-state index contributed by atoms with van der Waals surface area (Å²) in [6.45, 7) is 3.18. The fourth-order valence-corrected chi connectivity index (χ4v) is 1.94. The fraction of sp³-hybridized carbons (Fsp3) is 0.545. The first-order valence-corrected chi connectivity index (χ1v) is 5.31. The van der Waals surface area contributed by atoms with Crippen LogP contribution < -0.4 is 4.90 Å². The molecule has 0 N–H and O–H groups in total. The molecule has 0 saturated carbocycles. The lowest BCUT2D eigenvalue weighted by Crippen LogP contribution is -2.38. The summed E-state index contributed by atoms with van der Waals surface area (Å²) in [6.07, 6.45) is 5.29. The van der Waals surface area contributed by atoms with Crippen LogP contribution in [-0.2, 0) is 0 Å². The summed E-state index contributed by atoms with van der Waals surface area (Å²) in [7, 11) is 0.